The van der Waals surface area contributed by atoms with Gasteiger partial charge >= 0.3 is 5.97 Å². The number of carboxylic acid groups (broad SMARTS) is 1. The van der Waals surface area contributed by atoms with Gasteiger partial charge in [0.25, 0.3) is 0 Å². The minimum absolute atomic E-state index is 0.342. The van der Waals surface area contributed by atoms with Crippen LogP contribution in [0, 0.1) is 55.4 Å². The molecule has 2 nitrogen and oxygen atoms in total. The Balaban J connectivity index is 1.12. The fraction of sp³-hybridized carbons (Fsp3) is 0.238. The lowest BCUT2D eigenvalue weighted by molar-refractivity contribution is 0.0699. The van der Waals surface area contributed by atoms with Gasteiger partial charge in [0.05, 0.1) is 5.56 Å². The van der Waals surface area contributed by atoms with Gasteiger partial charge in [0.15, 0.2) is 0 Å². The first-order chi connectivity index (χ1) is 49.7. The van der Waals surface area contributed by atoms with Crippen LogP contribution >= 0.6 is 0 Å². The van der Waals surface area contributed by atoms with Crippen LogP contribution in [-0.4, -0.2) is 11.1 Å². The van der Waals surface area contributed by atoms with Crippen molar-refractivity contribution in [3.05, 3.63) is 220 Å². The molecule has 0 atom stereocenters. The van der Waals surface area contributed by atoms with Crippen LogP contribution < -0.4 is 0 Å². The summed E-state index contributed by atoms with van der Waals surface area (Å²) in [4.78, 5) is 14.3. The number of hydrogen-bond donors (Lipinski definition) is 1. The Labute approximate surface area is 606 Å². The van der Waals surface area contributed by atoms with Crippen molar-refractivity contribution in [1.29, 1.82) is 0 Å². The summed E-state index contributed by atoms with van der Waals surface area (Å²) in [5.74, 6) is -0.913. The molecule has 0 saturated heterocycles. The molecule has 0 aliphatic rings. The third-order valence-electron chi connectivity index (χ3n) is 25.1. The number of aromatic carboxylic acids is 1. The quantitative estimate of drug-likeness (QED) is 0.0669. The van der Waals surface area contributed by atoms with E-state index in [-0.39, 0.29) is 0 Å². The minimum Gasteiger partial charge on any atom is -0.478 e. The van der Waals surface area contributed by atoms with Crippen molar-refractivity contribution in [2.45, 2.75) is 165 Å². The molecule has 16 aromatic carbocycles. The van der Waals surface area contributed by atoms with Gasteiger partial charge in [-0.2, -0.15) is 0 Å². The molecule has 0 amide bonds. The van der Waals surface area contributed by atoms with Gasteiger partial charge in [0.2, 0.25) is 0 Å². The second kappa shape index (κ2) is 24.1. The summed E-state index contributed by atoms with van der Waals surface area (Å²) in [7, 11) is 0. The lowest BCUT2D eigenvalue weighted by Crippen LogP contribution is -2.07. The van der Waals surface area contributed by atoms with Crippen LogP contribution in [0.15, 0.2) is 103 Å². The average molecular weight is 1340 g/mol. The Morgan fingerprint density at radius 3 is 1.30 bits per heavy atom. The highest BCUT2D eigenvalue weighted by Gasteiger charge is 2.36. The van der Waals surface area contributed by atoms with Crippen molar-refractivity contribution in [2.75, 3.05) is 0 Å². The first kappa shape index (κ1) is 67.1. The Morgan fingerprint density at radius 2 is 0.718 bits per heavy atom. The van der Waals surface area contributed by atoms with Gasteiger partial charge in [-0.25, -0.2) is 4.79 Å². The fourth-order valence-corrected chi connectivity index (χ4v) is 20.9. The third-order valence-corrected chi connectivity index (χ3v) is 25.1. The summed E-state index contributed by atoms with van der Waals surface area (Å²) in [6.07, 6.45) is 38.8. The van der Waals surface area contributed by atoms with E-state index in [4.69, 9.17) is 0 Å². The number of carboxylic acids is 1. The Hall–Kier alpha value is -10.4. The molecule has 510 valence electrons. The van der Waals surface area contributed by atoms with Gasteiger partial charge in [0.1, 0.15) is 0 Å². The molecule has 0 unspecified atom stereocenters. The van der Waals surface area contributed by atoms with Crippen LogP contribution in [0.25, 0.3) is 210 Å². The van der Waals surface area contributed by atoms with E-state index in [0.717, 1.165) is 45.7 Å². The molecule has 0 aliphatic heterocycles. The fourth-order valence-electron chi connectivity index (χ4n) is 20.9. The zero-order valence-corrected chi connectivity index (χ0v) is 64.5. The van der Waals surface area contributed by atoms with Crippen molar-refractivity contribution in [3.8, 4) is 0 Å². The summed E-state index contributed by atoms with van der Waals surface area (Å²) in [6, 6.07) is 16.4. The topological polar surface area (TPSA) is 37.3 Å². The van der Waals surface area contributed by atoms with E-state index in [9.17, 15) is 9.90 Å². The van der Waals surface area contributed by atoms with E-state index in [0.29, 0.717) is 5.56 Å². The molecule has 103 heavy (non-hydrogen) atoms. The van der Waals surface area contributed by atoms with Crippen LogP contribution in [0.2, 0.25) is 0 Å². The maximum absolute atomic E-state index is 14.3. The van der Waals surface area contributed by atoms with Crippen LogP contribution in [0.1, 0.15) is 219 Å². The smallest absolute Gasteiger partial charge is 0.336 e. The summed E-state index contributed by atoms with van der Waals surface area (Å²) in [5.41, 5.74) is 30.1. The van der Waals surface area contributed by atoms with E-state index in [1.807, 2.05) is 6.07 Å². The molecule has 2 heteroatoms. The predicted octanol–water partition coefficient (Wildman–Crippen LogP) is 30.3. The summed E-state index contributed by atoms with van der Waals surface area (Å²) in [6.45, 7) is 50.0. The minimum atomic E-state index is -0.913. The van der Waals surface area contributed by atoms with Crippen molar-refractivity contribution in [3.63, 3.8) is 0 Å². The molecule has 0 heterocycles. The standard InChI is InChI=1S/C101H94O2/c1-23-35-60-42-44-69-65(36-24-2)75(49(12)28-6)91-77(51(14)30-8)92-76(50(13)29-7)86-63(48(11)27-5)45-46-68-62(32-10)66(84-71(38-26-4)85-70(37-25-3)82(60)88(69)99(91)98(85)100(92)97(84)89(68)86)40-34-33-39-64-55(18)79-59(22)80-56(19)73-52(15)41-43-67-61(31-9)54(17)78-58(21)81-57(20)74-53(16)47-72(101(102)103)83(64)90(74)94(79)96(81)95(80)93(78)87(67)73/h23-30,33-47H,31-32H2,1-22H3,(H,102,103)/b35-23-,36-24-,37-25-,38-26-,39-33-,40-34-,48-27+,49-28+,50-29+,51-30+. The molecule has 16 aromatic rings. The second-order valence-corrected chi connectivity index (χ2v) is 29.9. The molecule has 0 aromatic heterocycles. The lowest BCUT2D eigenvalue weighted by Gasteiger charge is -2.32. The van der Waals surface area contributed by atoms with Crippen molar-refractivity contribution >= 4 is 216 Å². The lowest BCUT2D eigenvalue weighted by atomic mass is 9.70. The monoisotopic (exact) mass is 1340 g/mol. The SMILES string of the molecule is C/C=C\c1c(/C(C)=C/C)c2c(/C(C)=C/C)c3c(/C(C)=C/C)c4c(/C(C)=C/C)ccc5c(CC)c(/C=C\C=C/c6c(C)c7c(C)c8c(C)c9c(C)ccc%10c(CC)c(C)c%11c(C)c%12c(C)c%13c(C)cc(C(=O)O)c6c%13c7c%12c8c%11c%109)c6c(/C=C\C)c7c(/C=C\C)c8c(/C=C\C)ccc1c8c2c7c3c6c54. The first-order valence-corrected chi connectivity index (χ1v) is 37.7. The number of aryl methyl sites for hydroxylation is 10. The van der Waals surface area contributed by atoms with Crippen LogP contribution in [0.3, 0.4) is 0 Å². The van der Waals surface area contributed by atoms with E-state index < -0.39 is 5.97 Å². The number of hydrogen-bond acceptors (Lipinski definition) is 1. The summed E-state index contributed by atoms with van der Waals surface area (Å²) < 4.78 is 0. The second-order valence-electron chi connectivity index (χ2n) is 29.9. The van der Waals surface area contributed by atoms with Crippen molar-refractivity contribution in [2.24, 2.45) is 0 Å². The van der Waals surface area contributed by atoms with Crippen LogP contribution in [0.4, 0.5) is 0 Å². The molecule has 16 rings (SSSR count). The van der Waals surface area contributed by atoms with E-state index in [1.165, 1.54) is 252 Å². The number of benzene rings is 16. The van der Waals surface area contributed by atoms with Gasteiger partial charge < -0.3 is 5.11 Å². The average Bonchev–Trinajstić information content (AvgIpc) is 0.661. The Kier molecular flexibility index (Phi) is 15.7. The number of allylic oxidation sites excluding steroid dienone is 14. The highest BCUT2D eigenvalue weighted by atomic mass is 16.4. The van der Waals surface area contributed by atoms with Crippen molar-refractivity contribution in [1.82, 2.24) is 0 Å². The Morgan fingerprint density at radius 1 is 0.311 bits per heavy atom. The Bertz CT molecular complexity index is 6810. The van der Waals surface area contributed by atoms with Gasteiger partial charge in [-0.3, -0.25) is 0 Å². The van der Waals surface area contributed by atoms with Gasteiger partial charge in [0, 0.05) is 5.39 Å². The van der Waals surface area contributed by atoms with E-state index in [2.05, 4.69) is 286 Å². The molecular formula is C101H94O2. The summed E-state index contributed by atoms with van der Waals surface area (Å²) in [5, 5.41) is 47.3. The van der Waals surface area contributed by atoms with Gasteiger partial charge in [-0.1, -0.05) is 147 Å². The van der Waals surface area contributed by atoms with Crippen LogP contribution in [0.5, 0.6) is 0 Å². The maximum atomic E-state index is 14.3. The summed E-state index contributed by atoms with van der Waals surface area (Å²) >= 11 is 0. The number of carbonyl (C=O) groups is 1. The molecule has 0 spiro atoms. The molecule has 0 bridgehead atoms. The molecule has 1 N–H and O–H groups in total. The van der Waals surface area contributed by atoms with E-state index >= 15 is 0 Å². The normalized spacial score (nSPS) is 14.1. The highest BCUT2D eigenvalue weighted by Crippen LogP contribution is 2.62. The highest BCUT2D eigenvalue weighted by molar-refractivity contribution is 6.51. The molecule has 0 fully saturated rings. The molecule has 0 radical (unpaired) electrons. The van der Waals surface area contributed by atoms with Gasteiger partial charge in [-0.05, 0) is 436 Å². The maximum Gasteiger partial charge on any atom is 0.336 e. The van der Waals surface area contributed by atoms with Gasteiger partial charge in [-0.15, -0.1) is 0 Å². The van der Waals surface area contributed by atoms with Crippen LogP contribution in [-0.2, 0) is 12.8 Å². The zero-order chi connectivity index (χ0) is 72.9. The molecular weight excluding hydrogens is 1250 g/mol. The first-order valence-electron chi connectivity index (χ1n) is 37.7. The largest absolute Gasteiger partial charge is 0.478 e. The predicted molar refractivity (Wildman–Crippen MR) is 463 cm³/mol. The van der Waals surface area contributed by atoms with Crippen molar-refractivity contribution < 1.29 is 9.90 Å². The zero-order valence-electron chi connectivity index (χ0n) is 64.5. The molecule has 0 saturated carbocycles. The third kappa shape index (κ3) is 8.41. The number of rotatable bonds is 14. The molecule has 0 aliphatic carbocycles. The van der Waals surface area contributed by atoms with E-state index in [1.54, 1.807) is 0 Å².